The lowest BCUT2D eigenvalue weighted by Crippen LogP contribution is -2.20. The fourth-order valence-corrected chi connectivity index (χ4v) is 3.68. The second-order valence-corrected chi connectivity index (χ2v) is 6.49. The topological polar surface area (TPSA) is 84.2 Å². The molecule has 0 unspecified atom stereocenters. The summed E-state index contributed by atoms with van der Waals surface area (Å²) >= 11 is 2.92. The van der Waals surface area contributed by atoms with Gasteiger partial charge in [-0.05, 0) is 17.9 Å². The van der Waals surface area contributed by atoms with Gasteiger partial charge in [-0.25, -0.2) is 0 Å². The Kier molecular flexibility index (Phi) is 4.98. The summed E-state index contributed by atoms with van der Waals surface area (Å²) in [6, 6.07) is 4.07. The molecule has 0 atom stereocenters. The Balaban J connectivity index is 2.18. The lowest BCUT2D eigenvalue weighted by molar-refractivity contribution is 0.0965. The van der Waals surface area contributed by atoms with Gasteiger partial charge in [0.25, 0.3) is 5.91 Å². The monoisotopic (exact) mass is 323 g/mol. The molecule has 7 heteroatoms. The van der Waals surface area contributed by atoms with Gasteiger partial charge in [-0.2, -0.15) is 0 Å². The lowest BCUT2D eigenvalue weighted by atomic mass is 10.2. The maximum absolute atomic E-state index is 11.9. The van der Waals surface area contributed by atoms with Gasteiger partial charge in [-0.15, -0.1) is 22.7 Å². The average Bonchev–Trinajstić information content (AvgIpc) is 3.06. The molecule has 21 heavy (non-hydrogen) atoms. The minimum absolute atomic E-state index is 0.131. The van der Waals surface area contributed by atoms with Crippen LogP contribution in [0.2, 0.25) is 0 Å². The highest BCUT2D eigenvalue weighted by atomic mass is 32.1. The number of ketones is 1. The zero-order chi connectivity index (χ0) is 15.4. The first-order chi connectivity index (χ1) is 10.0. The molecule has 0 aromatic carbocycles. The number of thiophene rings is 2. The molecule has 0 saturated carbocycles. The maximum atomic E-state index is 11.9. The van der Waals surface area contributed by atoms with E-state index < -0.39 is 0 Å². The predicted octanol–water partition coefficient (Wildman–Crippen LogP) is 2.61. The van der Waals surface area contributed by atoms with Crippen LogP contribution < -0.4 is 16.4 Å². The SMILES string of the molecule is CNC(=O)c1c(NCCc2cccs2)sc(C(C)=O)c1N. The van der Waals surface area contributed by atoms with E-state index in [1.807, 2.05) is 11.4 Å². The molecule has 0 saturated heterocycles. The average molecular weight is 323 g/mol. The summed E-state index contributed by atoms with van der Waals surface area (Å²) in [6.45, 7) is 2.13. The van der Waals surface area contributed by atoms with Gasteiger partial charge in [0.2, 0.25) is 0 Å². The summed E-state index contributed by atoms with van der Waals surface area (Å²) in [5, 5.41) is 8.45. The van der Waals surface area contributed by atoms with Crippen molar-refractivity contribution in [2.24, 2.45) is 0 Å². The zero-order valence-corrected chi connectivity index (χ0v) is 13.5. The van der Waals surface area contributed by atoms with E-state index in [2.05, 4.69) is 16.7 Å². The summed E-state index contributed by atoms with van der Waals surface area (Å²) < 4.78 is 0. The third-order valence-electron chi connectivity index (χ3n) is 2.96. The molecule has 5 nitrogen and oxygen atoms in total. The first-order valence-corrected chi connectivity index (χ1v) is 8.15. The van der Waals surface area contributed by atoms with Gasteiger partial charge in [-0.3, -0.25) is 9.59 Å². The van der Waals surface area contributed by atoms with Crippen molar-refractivity contribution in [1.29, 1.82) is 0 Å². The van der Waals surface area contributed by atoms with Crippen LogP contribution in [0.15, 0.2) is 17.5 Å². The molecule has 0 aliphatic heterocycles. The number of hydrogen-bond donors (Lipinski definition) is 3. The number of rotatable bonds is 6. The minimum Gasteiger partial charge on any atom is -0.397 e. The number of carbonyl (C=O) groups excluding carboxylic acids is 2. The molecular weight excluding hydrogens is 306 g/mol. The molecule has 0 fully saturated rings. The highest BCUT2D eigenvalue weighted by Crippen LogP contribution is 2.36. The van der Waals surface area contributed by atoms with Crippen LogP contribution in [0.5, 0.6) is 0 Å². The van der Waals surface area contributed by atoms with Crippen LogP contribution in [0.3, 0.4) is 0 Å². The van der Waals surface area contributed by atoms with Crippen LogP contribution >= 0.6 is 22.7 Å². The quantitative estimate of drug-likeness (QED) is 0.714. The van der Waals surface area contributed by atoms with Gasteiger partial charge in [0.05, 0.1) is 16.1 Å². The zero-order valence-electron chi connectivity index (χ0n) is 11.9. The van der Waals surface area contributed by atoms with Gasteiger partial charge in [0.15, 0.2) is 5.78 Å². The second kappa shape index (κ2) is 6.73. The fourth-order valence-electron chi connectivity index (χ4n) is 1.93. The van der Waals surface area contributed by atoms with Crippen molar-refractivity contribution in [1.82, 2.24) is 5.32 Å². The first-order valence-electron chi connectivity index (χ1n) is 6.46. The molecule has 0 bridgehead atoms. The summed E-state index contributed by atoms with van der Waals surface area (Å²) in [6.07, 6.45) is 0.859. The summed E-state index contributed by atoms with van der Waals surface area (Å²) in [5.74, 6) is -0.413. The molecule has 112 valence electrons. The molecule has 0 aliphatic rings. The van der Waals surface area contributed by atoms with E-state index >= 15 is 0 Å². The minimum atomic E-state index is -0.283. The number of anilines is 2. The number of nitrogens with two attached hydrogens (primary N) is 1. The van der Waals surface area contributed by atoms with Crippen LogP contribution in [0.4, 0.5) is 10.7 Å². The highest BCUT2D eigenvalue weighted by molar-refractivity contribution is 7.19. The van der Waals surface area contributed by atoms with Crippen molar-refractivity contribution in [3.05, 3.63) is 32.8 Å². The Hall–Kier alpha value is -1.86. The number of amides is 1. The number of nitrogen functional groups attached to an aromatic ring is 1. The molecule has 2 rings (SSSR count). The van der Waals surface area contributed by atoms with E-state index in [0.29, 0.717) is 22.0 Å². The van der Waals surface area contributed by atoms with Crippen molar-refractivity contribution in [2.45, 2.75) is 13.3 Å². The van der Waals surface area contributed by atoms with Crippen LogP contribution in [-0.4, -0.2) is 25.3 Å². The van der Waals surface area contributed by atoms with E-state index in [4.69, 9.17) is 5.73 Å². The van der Waals surface area contributed by atoms with Crippen LogP contribution in [0.25, 0.3) is 0 Å². The van der Waals surface area contributed by atoms with Crippen molar-refractivity contribution >= 4 is 45.1 Å². The number of hydrogen-bond acceptors (Lipinski definition) is 6. The van der Waals surface area contributed by atoms with Crippen LogP contribution in [0.1, 0.15) is 31.8 Å². The van der Waals surface area contributed by atoms with Gasteiger partial charge < -0.3 is 16.4 Å². The van der Waals surface area contributed by atoms with E-state index in [-0.39, 0.29) is 17.4 Å². The normalized spacial score (nSPS) is 10.4. The van der Waals surface area contributed by atoms with E-state index in [1.165, 1.54) is 23.1 Å². The van der Waals surface area contributed by atoms with Gasteiger partial charge in [-0.1, -0.05) is 6.07 Å². The number of Topliss-reactive ketones (excluding diaryl/α,β-unsaturated/α-hetero) is 1. The van der Waals surface area contributed by atoms with Crippen LogP contribution in [0, 0.1) is 0 Å². The number of nitrogens with one attached hydrogen (secondary N) is 2. The molecule has 0 spiro atoms. The Morgan fingerprint density at radius 1 is 1.38 bits per heavy atom. The van der Waals surface area contributed by atoms with E-state index in [0.717, 1.165) is 6.42 Å². The second-order valence-electron chi connectivity index (χ2n) is 4.44. The predicted molar refractivity (Wildman–Crippen MR) is 88.6 cm³/mol. The molecule has 0 radical (unpaired) electrons. The molecule has 2 aromatic rings. The Labute approximate surface area is 131 Å². The van der Waals surface area contributed by atoms with Gasteiger partial charge >= 0.3 is 0 Å². The van der Waals surface area contributed by atoms with Gasteiger partial charge in [0.1, 0.15) is 5.00 Å². The Bertz CT molecular complexity index is 647. The molecule has 1 amide bonds. The summed E-state index contributed by atoms with van der Waals surface area (Å²) in [4.78, 5) is 25.2. The molecule has 0 aliphatic carbocycles. The van der Waals surface area contributed by atoms with Gasteiger partial charge in [0, 0.05) is 25.4 Å². The highest BCUT2D eigenvalue weighted by Gasteiger charge is 2.23. The summed E-state index contributed by atoms with van der Waals surface area (Å²) in [7, 11) is 1.54. The standard InChI is InChI=1S/C14H17N3O2S2/c1-8(18)12-11(15)10(13(19)16-2)14(21-12)17-6-5-9-4-3-7-20-9/h3-4,7,17H,5-6,15H2,1-2H3,(H,16,19). The third kappa shape index (κ3) is 3.43. The molecule has 2 heterocycles. The van der Waals surface area contributed by atoms with Crippen LogP contribution in [-0.2, 0) is 6.42 Å². The summed E-state index contributed by atoms with van der Waals surface area (Å²) in [5.41, 5.74) is 6.55. The lowest BCUT2D eigenvalue weighted by Gasteiger charge is -2.06. The van der Waals surface area contributed by atoms with Crippen molar-refractivity contribution in [2.75, 3.05) is 24.6 Å². The fraction of sp³-hybridized carbons (Fsp3) is 0.286. The molecule has 4 N–H and O–H groups in total. The maximum Gasteiger partial charge on any atom is 0.256 e. The van der Waals surface area contributed by atoms with Crippen molar-refractivity contribution < 1.29 is 9.59 Å². The first kappa shape index (κ1) is 15.5. The third-order valence-corrected chi connectivity index (χ3v) is 5.16. The Morgan fingerprint density at radius 2 is 2.14 bits per heavy atom. The largest absolute Gasteiger partial charge is 0.397 e. The van der Waals surface area contributed by atoms with E-state index in [1.54, 1.807) is 18.4 Å². The smallest absolute Gasteiger partial charge is 0.256 e. The number of carbonyl (C=O) groups is 2. The Morgan fingerprint density at radius 3 is 2.71 bits per heavy atom. The molecular formula is C14H17N3O2S2. The molecule has 2 aromatic heterocycles. The van der Waals surface area contributed by atoms with E-state index in [9.17, 15) is 9.59 Å². The van der Waals surface area contributed by atoms with Crippen molar-refractivity contribution in [3.8, 4) is 0 Å². The van der Waals surface area contributed by atoms with Crippen molar-refractivity contribution in [3.63, 3.8) is 0 Å².